The molecule has 0 aliphatic heterocycles. The number of fused-ring (bicyclic) bond motifs is 1. The summed E-state index contributed by atoms with van der Waals surface area (Å²) >= 11 is 6.03. The number of hydrogen-bond donors (Lipinski definition) is 1. The number of halogens is 1. The summed E-state index contributed by atoms with van der Waals surface area (Å²) in [5.41, 5.74) is 4.01. The van der Waals surface area contributed by atoms with E-state index in [9.17, 15) is 4.79 Å². The molecule has 2 nitrogen and oxygen atoms in total. The number of benzene rings is 2. The third kappa shape index (κ3) is 2.49. The number of carbonyl (C=O) groups is 1. The van der Waals surface area contributed by atoms with Crippen LogP contribution in [0.25, 0.3) is 0 Å². The van der Waals surface area contributed by atoms with E-state index in [-0.39, 0.29) is 5.91 Å². The van der Waals surface area contributed by atoms with Crippen molar-refractivity contribution >= 4 is 23.2 Å². The molecule has 0 saturated carbocycles. The monoisotopic (exact) mass is 271 g/mol. The maximum atomic E-state index is 12.2. The summed E-state index contributed by atoms with van der Waals surface area (Å²) in [7, 11) is 0. The average Bonchev–Trinajstić information content (AvgIpc) is 2.88. The molecule has 2 aromatic carbocycles. The van der Waals surface area contributed by atoms with E-state index in [1.807, 2.05) is 24.3 Å². The molecule has 0 heterocycles. The first kappa shape index (κ1) is 12.2. The quantitative estimate of drug-likeness (QED) is 0.876. The standard InChI is InChI=1S/C16H14ClNO/c17-14-6-1-2-7-15(14)18-16(19)13-9-8-11-4-3-5-12(11)10-13/h1-2,6-10H,3-5H2,(H,18,19). The molecule has 0 fully saturated rings. The highest BCUT2D eigenvalue weighted by Crippen LogP contribution is 2.24. The molecular formula is C16H14ClNO. The molecule has 96 valence electrons. The second kappa shape index (κ2) is 5.06. The first-order valence-corrected chi connectivity index (χ1v) is 6.79. The van der Waals surface area contributed by atoms with E-state index in [0.717, 1.165) is 12.8 Å². The second-order valence-electron chi connectivity index (χ2n) is 4.77. The summed E-state index contributed by atoms with van der Waals surface area (Å²) in [6, 6.07) is 13.2. The van der Waals surface area contributed by atoms with Crippen LogP contribution in [0.3, 0.4) is 0 Å². The van der Waals surface area contributed by atoms with Crippen LogP contribution in [0.5, 0.6) is 0 Å². The van der Waals surface area contributed by atoms with Crippen LogP contribution in [-0.4, -0.2) is 5.91 Å². The van der Waals surface area contributed by atoms with Gasteiger partial charge < -0.3 is 5.32 Å². The van der Waals surface area contributed by atoms with Crippen LogP contribution in [0, 0.1) is 0 Å². The maximum absolute atomic E-state index is 12.2. The van der Waals surface area contributed by atoms with Crippen molar-refractivity contribution in [1.29, 1.82) is 0 Å². The van der Waals surface area contributed by atoms with Crippen molar-refractivity contribution in [3.05, 3.63) is 64.2 Å². The van der Waals surface area contributed by atoms with E-state index in [4.69, 9.17) is 11.6 Å². The Hall–Kier alpha value is -1.80. The molecule has 3 heteroatoms. The Morgan fingerprint density at radius 2 is 1.84 bits per heavy atom. The van der Waals surface area contributed by atoms with Crippen molar-refractivity contribution in [3.8, 4) is 0 Å². The van der Waals surface area contributed by atoms with Gasteiger partial charge in [0, 0.05) is 5.56 Å². The van der Waals surface area contributed by atoms with Gasteiger partial charge in [-0.15, -0.1) is 0 Å². The van der Waals surface area contributed by atoms with Gasteiger partial charge >= 0.3 is 0 Å². The predicted octanol–water partition coefficient (Wildman–Crippen LogP) is 4.08. The van der Waals surface area contributed by atoms with Crippen LogP contribution in [0.2, 0.25) is 5.02 Å². The fraction of sp³-hybridized carbons (Fsp3) is 0.188. The molecule has 1 N–H and O–H groups in total. The molecule has 1 amide bonds. The Balaban J connectivity index is 1.83. The average molecular weight is 272 g/mol. The molecule has 0 spiro atoms. The van der Waals surface area contributed by atoms with Crippen molar-refractivity contribution < 1.29 is 4.79 Å². The van der Waals surface area contributed by atoms with Crippen molar-refractivity contribution in [3.63, 3.8) is 0 Å². The van der Waals surface area contributed by atoms with Gasteiger partial charge in [0.1, 0.15) is 0 Å². The van der Waals surface area contributed by atoms with E-state index in [1.165, 1.54) is 17.5 Å². The molecule has 19 heavy (non-hydrogen) atoms. The van der Waals surface area contributed by atoms with Crippen molar-refractivity contribution in [2.24, 2.45) is 0 Å². The highest BCUT2D eigenvalue weighted by atomic mass is 35.5. The first-order chi connectivity index (χ1) is 9.24. The highest BCUT2D eigenvalue weighted by Gasteiger charge is 2.14. The van der Waals surface area contributed by atoms with Gasteiger partial charge in [-0.05, 0) is 54.7 Å². The molecule has 0 saturated heterocycles. The van der Waals surface area contributed by atoms with Gasteiger partial charge in [-0.3, -0.25) is 4.79 Å². The Morgan fingerprint density at radius 3 is 2.68 bits per heavy atom. The zero-order valence-corrected chi connectivity index (χ0v) is 11.2. The third-order valence-corrected chi connectivity index (χ3v) is 3.81. The van der Waals surface area contributed by atoms with Crippen LogP contribution < -0.4 is 5.32 Å². The SMILES string of the molecule is O=C(Nc1ccccc1Cl)c1ccc2c(c1)CCC2. The summed E-state index contributed by atoms with van der Waals surface area (Å²) < 4.78 is 0. The third-order valence-electron chi connectivity index (χ3n) is 3.48. The van der Waals surface area contributed by atoms with Crippen molar-refractivity contribution in [1.82, 2.24) is 0 Å². The summed E-state index contributed by atoms with van der Waals surface area (Å²) in [4.78, 5) is 12.2. The van der Waals surface area contributed by atoms with Crippen LogP contribution in [0.4, 0.5) is 5.69 Å². The molecular weight excluding hydrogens is 258 g/mol. The van der Waals surface area contributed by atoms with Crippen molar-refractivity contribution in [2.75, 3.05) is 5.32 Å². The molecule has 0 atom stereocenters. The topological polar surface area (TPSA) is 29.1 Å². The van der Waals surface area contributed by atoms with Crippen LogP contribution in [0.1, 0.15) is 27.9 Å². The zero-order valence-electron chi connectivity index (χ0n) is 10.4. The zero-order chi connectivity index (χ0) is 13.2. The van der Waals surface area contributed by atoms with Gasteiger partial charge in [0.05, 0.1) is 10.7 Å². The highest BCUT2D eigenvalue weighted by molar-refractivity contribution is 6.33. The fourth-order valence-corrected chi connectivity index (χ4v) is 2.65. The minimum atomic E-state index is -0.109. The number of amides is 1. The Morgan fingerprint density at radius 1 is 1.05 bits per heavy atom. The number of nitrogens with one attached hydrogen (secondary N) is 1. The van der Waals surface area contributed by atoms with Crippen LogP contribution in [0.15, 0.2) is 42.5 Å². The van der Waals surface area contributed by atoms with E-state index in [0.29, 0.717) is 16.3 Å². The number of aryl methyl sites for hydroxylation is 2. The van der Waals surface area contributed by atoms with E-state index < -0.39 is 0 Å². The van der Waals surface area contributed by atoms with E-state index in [2.05, 4.69) is 11.4 Å². The summed E-state index contributed by atoms with van der Waals surface area (Å²) in [5.74, 6) is -0.109. The predicted molar refractivity (Wildman–Crippen MR) is 77.9 cm³/mol. The van der Waals surface area contributed by atoms with Crippen LogP contribution in [-0.2, 0) is 12.8 Å². The lowest BCUT2D eigenvalue weighted by Crippen LogP contribution is -2.12. The van der Waals surface area contributed by atoms with Gasteiger partial charge in [0.25, 0.3) is 5.91 Å². The lowest BCUT2D eigenvalue weighted by molar-refractivity contribution is 0.102. The normalized spacial score (nSPS) is 13.1. The molecule has 0 unspecified atom stereocenters. The maximum Gasteiger partial charge on any atom is 0.255 e. The Kier molecular flexibility index (Phi) is 3.26. The number of rotatable bonds is 2. The smallest absolute Gasteiger partial charge is 0.255 e. The number of anilines is 1. The van der Waals surface area contributed by atoms with Crippen LogP contribution >= 0.6 is 11.6 Å². The molecule has 1 aliphatic rings. The van der Waals surface area contributed by atoms with Crippen molar-refractivity contribution in [2.45, 2.75) is 19.3 Å². The molecule has 3 rings (SSSR count). The largest absolute Gasteiger partial charge is 0.321 e. The van der Waals surface area contributed by atoms with Gasteiger partial charge in [-0.25, -0.2) is 0 Å². The summed E-state index contributed by atoms with van der Waals surface area (Å²) in [6.45, 7) is 0. The lowest BCUT2D eigenvalue weighted by atomic mass is 10.1. The minimum absolute atomic E-state index is 0.109. The number of para-hydroxylation sites is 1. The number of carbonyl (C=O) groups excluding carboxylic acids is 1. The summed E-state index contributed by atoms with van der Waals surface area (Å²) in [5, 5.41) is 3.40. The number of hydrogen-bond acceptors (Lipinski definition) is 1. The van der Waals surface area contributed by atoms with Gasteiger partial charge in [0.2, 0.25) is 0 Å². The van der Waals surface area contributed by atoms with E-state index in [1.54, 1.807) is 12.1 Å². The van der Waals surface area contributed by atoms with E-state index >= 15 is 0 Å². The molecule has 1 aliphatic carbocycles. The molecule has 0 bridgehead atoms. The molecule has 0 radical (unpaired) electrons. The lowest BCUT2D eigenvalue weighted by Gasteiger charge is -2.08. The molecule has 0 aromatic heterocycles. The van der Waals surface area contributed by atoms with Gasteiger partial charge in [-0.1, -0.05) is 29.8 Å². The minimum Gasteiger partial charge on any atom is -0.321 e. The van der Waals surface area contributed by atoms with Gasteiger partial charge in [-0.2, -0.15) is 0 Å². The van der Waals surface area contributed by atoms with Gasteiger partial charge in [0.15, 0.2) is 0 Å². The Bertz CT molecular complexity index is 636. The molecule has 2 aromatic rings. The fourth-order valence-electron chi connectivity index (χ4n) is 2.47. The Labute approximate surface area is 117 Å². The summed E-state index contributed by atoms with van der Waals surface area (Å²) in [6.07, 6.45) is 3.38. The first-order valence-electron chi connectivity index (χ1n) is 6.42. The second-order valence-corrected chi connectivity index (χ2v) is 5.18.